The molecule has 2 rings (SSSR count). The number of likely N-dealkylation sites (N-methyl/N-ethyl adjacent to an activating group) is 1. The Morgan fingerprint density at radius 3 is 2.22 bits per heavy atom. The molecule has 0 unspecified atom stereocenters. The van der Waals surface area contributed by atoms with E-state index >= 15 is 0 Å². The van der Waals surface area contributed by atoms with Crippen molar-refractivity contribution in [1.82, 2.24) is 9.62 Å². The Bertz CT molecular complexity index is 881. The molecule has 2 aromatic rings. The number of hydrogen-bond donors (Lipinski definition) is 2. The number of nitrogens with zero attached hydrogens (tertiary/aromatic N) is 1. The summed E-state index contributed by atoms with van der Waals surface area (Å²) >= 11 is 0. The number of sulfonamides is 1. The molecule has 2 N–H and O–H groups in total. The number of halogens is 1. The van der Waals surface area contributed by atoms with Gasteiger partial charge in [-0.15, -0.1) is 0 Å². The van der Waals surface area contributed by atoms with Gasteiger partial charge in [0.05, 0.1) is 11.0 Å². The SMILES string of the molecule is Cc1ccc(S(=O)(=O)N[C@@H](C(=O)N(C)Cc2ccc(F)cc2)[C@H](C)O)cc1. The summed E-state index contributed by atoms with van der Waals surface area (Å²) < 4.78 is 40.4. The topological polar surface area (TPSA) is 86.7 Å². The van der Waals surface area contributed by atoms with Crippen molar-refractivity contribution in [3.8, 4) is 0 Å². The Balaban J connectivity index is 2.16. The molecule has 0 fully saturated rings. The smallest absolute Gasteiger partial charge is 0.243 e. The number of carbonyl (C=O) groups excluding carboxylic acids is 1. The van der Waals surface area contributed by atoms with Crippen molar-refractivity contribution in [3.63, 3.8) is 0 Å². The van der Waals surface area contributed by atoms with E-state index in [1.165, 1.54) is 55.3 Å². The van der Waals surface area contributed by atoms with Crippen molar-refractivity contribution in [2.45, 2.75) is 37.4 Å². The van der Waals surface area contributed by atoms with Crippen LogP contribution in [-0.4, -0.2) is 43.5 Å². The van der Waals surface area contributed by atoms with Crippen LogP contribution in [0.1, 0.15) is 18.1 Å². The highest BCUT2D eigenvalue weighted by molar-refractivity contribution is 7.89. The van der Waals surface area contributed by atoms with Gasteiger partial charge in [0.1, 0.15) is 11.9 Å². The molecule has 0 spiro atoms. The van der Waals surface area contributed by atoms with Gasteiger partial charge in [-0.2, -0.15) is 4.72 Å². The van der Waals surface area contributed by atoms with Crippen molar-refractivity contribution >= 4 is 15.9 Å². The van der Waals surface area contributed by atoms with Gasteiger partial charge in [0.2, 0.25) is 15.9 Å². The summed E-state index contributed by atoms with van der Waals surface area (Å²) in [6.07, 6.45) is -1.24. The van der Waals surface area contributed by atoms with Crippen molar-refractivity contribution in [2.75, 3.05) is 7.05 Å². The lowest BCUT2D eigenvalue weighted by atomic mass is 10.1. The quantitative estimate of drug-likeness (QED) is 0.750. The molecule has 0 aromatic heterocycles. The third-order valence-corrected chi connectivity index (χ3v) is 5.53. The van der Waals surface area contributed by atoms with Crippen LogP contribution in [0.3, 0.4) is 0 Å². The molecule has 1 amide bonds. The minimum Gasteiger partial charge on any atom is -0.391 e. The summed E-state index contributed by atoms with van der Waals surface area (Å²) in [5.41, 5.74) is 1.58. The van der Waals surface area contributed by atoms with Crippen molar-refractivity contribution in [2.24, 2.45) is 0 Å². The molecular weight excluding hydrogens is 371 g/mol. The highest BCUT2D eigenvalue weighted by Gasteiger charge is 2.31. The third-order valence-electron chi connectivity index (χ3n) is 4.07. The van der Waals surface area contributed by atoms with E-state index < -0.39 is 28.1 Å². The Hall–Kier alpha value is -2.29. The second-order valence-electron chi connectivity index (χ2n) is 6.47. The van der Waals surface area contributed by atoms with E-state index in [9.17, 15) is 22.7 Å². The average molecular weight is 394 g/mol. The maximum absolute atomic E-state index is 13.0. The molecule has 0 bridgehead atoms. The summed E-state index contributed by atoms with van der Waals surface area (Å²) in [4.78, 5) is 14.0. The molecule has 0 saturated heterocycles. The molecule has 146 valence electrons. The summed E-state index contributed by atoms with van der Waals surface area (Å²) in [5, 5.41) is 9.96. The van der Waals surface area contributed by atoms with Gasteiger partial charge < -0.3 is 10.0 Å². The number of amides is 1. The Morgan fingerprint density at radius 2 is 1.70 bits per heavy atom. The second-order valence-corrected chi connectivity index (χ2v) is 8.19. The molecule has 0 radical (unpaired) electrons. The van der Waals surface area contributed by atoms with Gasteiger partial charge in [0.25, 0.3) is 0 Å². The summed E-state index contributed by atoms with van der Waals surface area (Å²) in [5.74, 6) is -0.981. The van der Waals surface area contributed by atoms with Crippen LogP contribution in [0.5, 0.6) is 0 Å². The first-order chi connectivity index (χ1) is 12.6. The van der Waals surface area contributed by atoms with Crippen LogP contribution in [0.4, 0.5) is 4.39 Å². The predicted molar refractivity (Wildman–Crippen MR) is 99.8 cm³/mol. The van der Waals surface area contributed by atoms with E-state index in [4.69, 9.17) is 0 Å². The van der Waals surface area contributed by atoms with Crippen molar-refractivity contribution < 1.29 is 22.7 Å². The number of aliphatic hydroxyl groups is 1. The van der Waals surface area contributed by atoms with E-state index in [1.807, 2.05) is 6.92 Å². The third kappa shape index (κ3) is 5.59. The second kappa shape index (κ2) is 8.60. The number of carbonyl (C=O) groups is 1. The van der Waals surface area contributed by atoms with Gasteiger partial charge in [-0.25, -0.2) is 12.8 Å². The lowest BCUT2D eigenvalue weighted by molar-refractivity contribution is -0.134. The lowest BCUT2D eigenvalue weighted by Gasteiger charge is -2.26. The summed E-state index contributed by atoms with van der Waals surface area (Å²) in [7, 11) is -2.50. The number of hydrogen-bond acceptors (Lipinski definition) is 4. The van der Waals surface area contributed by atoms with Gasteiger partial charge in [0.15, 0.2) is 0 Å². The van der Waals surface area contributed by atoms with Crippen LogP contribution >= 0.6 is 0 Å². The molecule has 0 aliphatic rings. The molecule has 0 saturated carbocycles. The van der Waals surface area contributed by atoms with E-state index in [2.05, 4.69) is 4.72 Å². The first kappa shape index (κ1) is 21.0. The predicted octanol–water partition coefficient (Wildman–Crippen LogP) is 1.82. The average Bonchev–Trinajstić information content (AvgIpc) is 2.61. The van der Waals surface area contributed by atoms with E-state index in [0.29, 0.717) is 5.56 Å². The lowest BCUT2D eigenvalue weighted by Crippen LogP contribution is -2.52. The number of rotatable bonds is 7. The van der Waals surface area contributed by atoms with Crippen LogP contribution in [0.2, 0.25) is 0 Å². The van der Waals surface area contributed by atoms with Gasteiger partial charge >= 0.3 is 0 Å². The first-order valence-corrected chi connectivity index (χ1v) is 9.85. The van der Waals surface area contributed by atoms with Gasteiger partial charge in [0, 0.05) is 13.6 Å². The maximum atomic E-state index is 13.0. The standard InChI is InChI=1S/C19H23FN2O4S/c1-13-4-10-17(11-5-13)27(25,26)21-18(14(2)23)19(24)22(3)12-15-6-8-16(20)9-7-15/h4-11,14,18,21,23H,12H2,1-3H3/t14-,18+/m0/s1. The molecule has 2 atom stereocenters. The molecule has 0 aliphatic carbocycles. The number of aryl methyl sites for hydroxylation is 1. The Morgan fingerprint density at radius 1 is 1.15 bits per heavy atom. The number of aliphatic hydroxyl groups excluding tert-OH is 1. The normalized spacial score (nSPS) is 13.8. The Kier molecular flexibility index (Phi) is 6.69. The fourth-order valence-corrected chi connectivity index (χ4v) is 3.75. The molecule has 8 heteroatoms. The highest BCUT2D eigenvalue weighted by Crippen LogP contribution is 2.13. The van der Waals surface area contributed by atoms with E-state index in [1.54, 1.807) is 12.1 Å². The van der Waals surface area contributed by atoms with Crippen molar-refractivity contribution in [3.05, 3.63) is 65.5 Å². The van der Waals surface area contributed by atoms with Gasteiger partial charge in [-0.1, -0.05) is 29.8 Å². The fraction of sp³-hybridized carbons (Fsp3) is 0.316. The zero-order valence-corrected chi connectivity index (χ0v) is 16.2. The molecule has 0 heterocycles. The zero-order chi connectivity index (χ0) is 20.2. The maximum Gasteiger partial charge on any atom is 0.243 e. The van der Waals surface area contributed by atoms with Crippen LogP contribution < -0.4 is 4.72 Å². The number of nitrogens with one attached hydrogen (secondary N) is 1. The van der Waals surface area contributed by atoms with E-state index in [0.717, 1.165) is 5.56 Å². The van der Waals surface area contributed by atoms with Crippen LogP contribution in [0, 0.1) is 12.7 Å². The molecule has 27 heavy (non-hydrogen) atoms. The molecule has 0 aliphatic heterocycles. The molecular formula is C19H23FN2O4S. The van der Waals surface area contributed by atoms with Crippen LogP contribution in [-0.2, 0) is 21.4 Å². The molecule has 6 nitrogen and oxygen atoms in total. The van der Waals surface area contributed by atoms with E-state index in [-0.39, 0.29) is 17.3 Å². The monoisotopic (exact) mass is 394 g/mol. The van der Waals surface area contributed by atoms with Crippen molar-refractivity contribution in [1.29, 1.82) is 0 Å². The Labute approximate surface area is 158 Å². The first-order valence-electron chi connectivity index (χ1n) is 8.36. The molecule has 2 aromatic carbocycles. The van der Waals surface area contributed by atoms with Crippen LogP contribution in [0.25, 0.3) is 0 Å². The summed E-state index contributed by atoms with van der Waals surface area (Å²) in [6.45, 7) is 3.32. The summed E-state index contributed by atoms with van der Waals surface area (Å²) in [6, 6.07) is 10.4. The minimum atomic E-state index is -3.99. The number of benzene rings is 2. The minimum absolute atomic E-state index is 0.00716. The highest BCUT2D eigenvalue weighted by atomic mass is 32.2. The van der Waals surface area contributed by atoms with Crippen LogP contribution in [0.15, 0.2) is 53.4 Å². The van der Waals surface area contributed by atoms with Gasteiger partial charge in [-0.3, -0.25) is 4.79 Å². The fourth-order valence-electron chi connectivity index (χ4n) is 2.49. The largest absolute Gasteiger partial charge is 0.391 e. The van der Waals surface area contributed by atoms with Gasteiger partial charge in [-0.05, 0) is 43.7 Å². The zero-order valence-electron chi connectivity index (χ0n) is 15.4.